The smallest absolute Gasteiger partial charge is 0.138 e. The van der Waals surface area contributed by atoms with Crippen LogP contribution < -0.4 is 4.74 Å². The molecule has 40 heavy (non-hydrogen) atoms. The Bertz CT molecular complexity index is 1760. The quantitative estimate of drug-likeness (QED) is 0.243. The highest BCUT2D eigenvalue weighted by Crippen LogP contribution is 2.36. The molecule has 0 radical (unpaired) electrons. The Kier molecular flexibility index (Phi) is 6.27. The van der Waals surface area contributed by atoms with Gasteiger partial charge in [-0.2, -0.15) is 5.10 Å². The zero-order valence-corrected chi connectivity index (χ0v) is 22.4. The van der Waals surface area contributed by atoms with Crippen molar-refractivity contribution < 1.29 is 9.13 Å². The van der Waals surface area contributed by atoms with Gasteiger partial charge in [-0.1, -0.05) is 36.3 Å². The van der Waals surface area contributed by atoms with Crippen molar-refractivity contribution in [2.24, 2.45) is 0 Å². The summed E-state index contributed by atoms with van der Waals surface area (Å²) >= 11 is 0. The Morgan fingerprint density at radius 1 is 0.925 bits per heavy atom. The molecule has 200 valence electrons. The number of benzene rings is 1. The van der Waals surface area contributed by atoms with E-state index in [1.165, 1.54) is 37.0 Å². The number of nitrogens with one attached hydrogen (secondary N) is 2. The monoisotopic (exact) mass is 531 g/mol. The van der Waals surface area contributed by atoms with Crippen LogP contribution in [0.5, 0.6) is 5.75 Å². The Hall–Kier alpha value is -4.52. The first-order valence-electron chi connectivity index (χ1n) is 13.9. The van der Waals surface area contributed by atoms with Gasteiger partial charge < -0.3 is 9.72 Å². The molecule has 1 aromatic carbocycles. The van der Waals surface area contributed by atoms with Crippen molar-refractivity contribution in [2.75, 3.05) is 0 Å². The van der Waals surface area contributed by atoms with E-state index in [1.54, 1.807) is 6.20 Å². The van der Waals surface area contributed by atoms with Crippen molar-refractivity contribution in [1.29, 1.82) is 0 Å². The van der Waals surface area contributed by atoms with Crippen LogP contribution in [0.15, 0.2) is 78.8 Å². The number of hydrogen-bond acceptors (Lipinski definition) is 4. The second-order valence-corrected chi connectivity index (χ2v) is 10.8. The highest BCUT2D eigenvalue weighted by atomic mass is 19.1. The third-order valence-electron chi connectivity index (χ3n) is 7.90. The lowest BCUT2D eigenvalue weighted by Crippen LogP contribution is -2.19. The van der Waals surface area contributed by atoms with Gasteiger partial charge in [0.1, 0.15) is 17.3 Å². The third kappa shape index (κ3) is 4.72. The van der Waals surface area contributed by atoms with Gasteiger partial charge in [-0.15, -0.1) is 0 Å². The minimum absolute atomic E-state index is 0.242. The third-order valence-corrected chi connectivity index (χ3v) is 7.90. The predicted octanol–water partition coefficient (Wildman–Crippen LogP) is 7.80. The zero-order valence-electron chi connectivity index (χ0n) is 22.4. The number of rotatable bonds is 5. The summed E-state index contributed by atoms with van der Waals surface area (Å²) in [6.45, 7) is 2.12. The van der Waals surface area contributed by atoms with Crippen molar-refractivity contribution in [2.45, 2.75) is 51.6 Å². The molecule has 5 aromatic rings. The van der Waals surface area contributed by atoms with E-state index in [9.17, 15) is 4.39 Å². The number of hydrogen-bond donors (Lipinski definition) is 2. The van der Waals surface area contributed by atoms with E-state index in [4.69, 9.17) is 9.72 Å². The number of nitrogens with zero attached hydrogens (tertiary/aromatic N) is 3. The molecular formula is C33H30FN5O. The number of fused-ring (bicyclic) bond motifs is 2. The fourth-order valence-electron chi connectivity index (χ4n) is 5.82. The molecule has 0 saturated heterocycles. The zero-order chi connectivity index (χ0) is 27.1. The highest BCUT2D eigenvalue weighted by Gasteiger charge is 2.20. The number of pyridine rings is 2. The summed E-state index contributed by atoms with van der Waals surface area (Å²) in [5.41, 5.74) is 9.80. The van der Waals surface area contributed by atoms with Crippen molar-refractivity contribution in [1.82, 2.24) is 25.1 Å². The van der Waals surface area contributed by atoms with E-state index in [0.717, 1.165) is 81.0 Å². The molecule has 0 atom stereocenters. The van der Waals surface area contributed by atoms with Gasteiger partial charge in [0.15, 0.2) is 0 Å². The van der Waals surface area contributed by atoms with E-state index in [1.807, 2.05) is 30.6 Å². The van der Waals surface area contributed by atoms with Crippen LogP contribution in [0.3, 0.4) is 0 Å². The van der Waals surface area contributed by atoms with Gasteiger partial charge in [-0.05, 0) is 74.1 Å². The molecule has 0 amide bonds. The summed E-state index contributed by atoms with van der Waals surface area (Å²) in [6.07, 6.45) is 16.7. The molecule has 0 spiro atoms. The van der Waals surface area contributed by atoms with Crippen LogP contribution >= 0.6 is 0 Å². The van der Waals surface area contributed by atoms with Gasteiger partial charge in [-0.3, -0.25) is 15.1 Å². The lowest BCUT2D eigenvalue weighted by Gasteiger charge is -2.22. The second-order valence-electron chi connectivity index (χ2n) is 10.8. The number of allylic oxidation sites excluding steroid dienone is 3. The summed E-state index contributed by atoms with van der Waals surface area (Å²) in [5.74, 6) is 0.545. The van der Waals surface area contributed by atoms with Crippen molar-refractivity contribution in [3.63, 3.8) is 0 Å². The Morgan fingerprint density at radius 3 is 2.62 bits per heavy atom. The minimum atomic E-state index is -0.242. The number of aromatic nitrogens is 5. The molecule has 0 aliphatic heterocycles. The maximum absolute atomic E-state index is 13.6. The molecule has 2 aliphatic rings. The first-order valence-corrected chi connectivity index (χ1v) is 13.9. The van der Waals surface area contributed by atoms with Gasteiger partial charge in [0.25, 0.3) is 0 Å². The number of aromatic amines is 2. The van der Waals surface area contributed by atoms with Crippen LogP contribution in [0.25, 0.3) is 39.1 Å². The predicted molar refractivity (Wildman–Crippen MR) is 155 cm³/mol. The molecular weight excluding hydrogens is 501 g/mol. The van der Waals surface area contributed by atoms with Crippen LogP contribution in [0.1, 0.15) is 55.8 Å². The van der Waals surface area contributed by atoms with Crippen molar-refractivity contribution >= 4 is 16.5 Å². The fraction of sp³-hybridized carbons (Fsp3) is 0.242. The molecule has 7 heteroatoms. The summed E-state index contributed by atoms with van der Waals surface area (Å²) in [7, 11) is 0. The van der Waals surface area contributed by atoms with Gasteiger partial charge in [0, 0.05) is 34.8 Å². The van der Waals surface area contributed by atoms with Crippen LogP contribution in [0.2, 0.25) is 0 Å². The summed E-state index contributed by atoms with van der Waals surface area (Å²) in [6, 6.07) is 12.9. The summed E-state index contributed by atoms with van der Waals surface area (Å²) in [4.78, 5) is 12.8. The van der Waals surface area contributed by atoms with Crippen LogP contribution in [0.4, 0.5) is 4.39 Å². The maximum atomic E-state index is 13.6. The van der Waals surface area contributed by atoms with Crippen LogP contribution in [-0.2, 0) is 6.42 Å². The average molecular weight is 532 g/mol. The lowest BCUT2D eigenvalue weighted by atomic mass is 9.97. The van der Waals surface area contributed by atoms with Gasteiger partial charge >= 0.3 is 0 Å². The van der Waals surface area contributed by atoms with E-state index in [-0.39, 0.29) is 11.9 Å². The van der Waals surface area contributed by atoms with Gasteiger partial charge in [-0.25, -0.2) is 4.39 Å². The van der Waals surface area contributed by atoms with E-state index < -0.39 is 0 Å². The summed E-state index contributed by atoms with van der Waals surface area (Å²) < 4.78 is 19.9. The first kappa shape index (κ1) is 24.5. The molecule has 7 rings (SSSR count). The highest BCUT2D eigenvalue weighted by molar-refractivity contribution is 5.95. The largest absolute Gasteiger partial charge is 0.489 e. The van der Waals surface area contributed by atoms with Crippen LogP contribution in [0, 0.1) is 5.82 Å². The molecule has 1 saturated carbocycles. The molecule has 6 nitrogen and oxygen atoms in total. The van der Waals surface area contributed by atoms with Gasteiger partial charge in [0.2, 0.25) is 0 Å². The standard InChI is InChI=1S/C33H30FN5O/c1-20-7-12-26(21-8-10-23(34)11-9-21)27-15-31(37-30(27)13-20)33-28-16-29(36-19-32(28)38-39-33)22-14-25(18-35-17-22)40-24-5-3-2-4-6-24/h7-12,14-19,24,37H,2-6,13H2,1H3,(H,38,39). The molecule has 1 fully saturated rings. The number of ether oxygens (including phenoxy) is 1. The number of H-pyrrole nitrogens is 2. The molecule has 0 bridgehead atoms. The van der Waals surface area contributed by atoms with E-state index in [0.29, 0.717) is 0 Å². The lowest BCUT2D eigenvalue weighted by molar-refractivity contribution is 0.154. The molecule has 2 N–H and O–H groups in total. The second kappa shape index (κ2) is 10.2. The number of halogens is 1. The van der Waals surface area contributed by atoms with Crippen LogP contribution in [-0.4, -0.2) is 31.3 Å². The fourth-order valence-corrected chi connectivity index (χ4v) is 5.82. The normalized spacial score (nSPS) is 15.8. The molecule has 4 heterocycles. The van der Waals surface area contributed by atoms with Gasteiger partial charge in [0.05, 0.1) is 35.4 Å². The Balaban J connectivity index is 1.24. The Labute approximate surface area is 232 Å². The molecule has 4 aromatic heterocycles. The Morgan fingerprint density at radius 2 is 1.77 bits per heavy atom. The molecule has 2 aliphatic carbocycles. The van der Waals surface area contributed by atoms with E-state index >= 15 is 0 Å². The van der Waals surface area contributed by atoms with Crippen molar-refractivity contribution in [3.8, 4) is 28.4 Å². The summed E-state index contributed by atoms with van der Waals surface area (Å²) in [5, 5.41) is 8.78. The average Bonchev–Trinajstić information content (AvgIpc) is 3.55. The molecule has 0 unspecified atom stereocenters. The SMILES string of the molecule is CC1=CC=C(c2ccc(F)cc2)c2cc(-c3n[nH]c4cnc(-c5cncc(OC6CCCCC6)c5)cc34)[nH]c2C1. The minimum Gasteiger partial charge on any atom is -0.489 e. The van der Waals surface area contributed by atoms with Crippen molar-refractivity contribution in [3.05, 3.63) is 101 Å². The maximum Gasteiger partial charge on any atom is 0.138 e. The topological polar surface area (TPSA) is 79.5 Å². The van der Waals surface area contributed by atoms with E-state index in [2.05, 4.69) is 51.4 Å². The first-order chi connectivity index (χ1) is 19.6.